The zero-order chi connectivity index (χ0) is 13.0. The van der Waals surface area contributed by atoms with Crippen molar-refractivity contribution >= 4 is 31.9 Å². The second-order valence-corrected chi connectivity index (χ2v) is 6.25. The maximum Gasteiger partial charge on any atom is 0.0175 e. The van der Waals surface area contributed by atoms with E-state index in [1.54, 1.807) is 0 Å². The lowest BCUT2D eigenvalue weighted by atomic mass is 10.00. The number of benzene rings is 2. The summed E-state index contributed by atoms with van der Waals surface area (Å²) in [6, 6.07) is 16.9. The Hall–Kier alpha value is -0.640. The topological polar surface area (TPSA) is 26.0 Å². The molecule has 0 amide bonds. The van der Waals surface area contributed by atoms with Gasteiger partial charge in [0.05, 0.1) is 0 Å². The third kappa shape index (κ3) is 4.23. The first-order valence-corrected chi connectivity index (χ1v) is 7.46. The third-order valence-corrected chi connectivity index (χ3v) is 3.88. The molecule has 0 saturated heterocycles. The number of hydrogen-bond donors (Lipinski definition) is 1. The molecule has 2 N–H and O–H groups in total. The van der Waals surface area contributed by atoms with Crippen molar-refractivity contribution in [2.75, 3.05) is 0 Å². The first-order chi connectivity index (χ1) is 8.63. The molecule has 2 rings (SSSR count). The summed E-state index contributed by atoms with van der Waals surface area (Å²) in [6.45, 7) is 0. The Morgan fingerprint density at radius 2 is 1.06 bits per heavy atom. The molecule has 0 aliphatic rings. The van der Waals surface area contributed by atoms with E-state index in [9.17, 15) is 0 Å². The highest BCUT2D eigenvalue weighted by Crippen LogP contribution is 2.14. The van der Waals surface area contributed by atoms with Gasteiger partial charge in [0.1, 0.15) is 0 Å². The zero-order valence-corrected chi connectivity index (χ0v) is 13.1. The van der Waals surface area contributed by atoms with Crippen LogP contribution in [0.15, 0.2) is 57.5 Å². The first kappa shape index (κ1) is 13.8. The molecule has 0 radical (unpaired) electrons. The Labute approximate surface area is 125 Å². The molecule has 0 fully saturated rings. The first-order valence-electron chi connectivity index (χ1n) is 5.88. The third-order valence-electron chi connectivity index (χ3n) is 2.82. The monoisotopic (exact) mass is 367 g/mol. The van der Waals surface area contributed by atoms with Gasteiger partial charge in [0.15, 0.2) is 0 Å². The summed E-state index contributed by atoms with van der Waals surface area (Å²) in [7, 11) is 0. The van der Waals surface area contributed by atoms with Crippen LogP contribution in [0.5, 0.6) is 0 Å². The molecule has 0 aliphatic carbocycles. The molecule has 0 aromatic heterocycles. The van der Waals surface area contributed by atoms with Gasteiger partial charge in [-0.15, -0.1) is 0 Å². The lowest BCUT2D eigenvalue weighted by Gasteiger charge is -2.12. The molecule has 2 aromatic rings. The second-order valence-electron chi connectivity index (χ2n) is 4.42. The minimum absolute atomic E-state index is 0.160. The SMILES string of the molecule is NC(Cc1ccc(Br)cc1)Cc1ccc(Br)cc1. The van der Waals surface area contributed by atoms with Gasteiger partial charge in [0.2, 0.25) is 0 Å². The van der Waals surface area contributed by atoms with Crippen LogP contribution in [-0.2, 0) is 12.8 Å². The molecule has 0 aliphatic heterocycles. The van der Waals surface area contributed by atoms with E-state index in [2.05, 4.69) is 80.4 Å². The van der Waals surface area contributed by atoms with Crippen molar-refractivity contribution in [3.63, 3.8) is 0 Å². The minimum atomic E-state index is 0.160. The van der Waals surface area contributed by atoms with Gasteiger partial charge < -0.3 is 5.73 Å². The van der Waals surface area contributed by atoms with Gasteiger partial charge in [-0.05, 0) is 48.2 Å². The Morgan fingerprint density at radius 1 is 0.722 bits per heavy atom. The van der Waals surface area contributed by atoms with Gasteiger partial charge in [-0.25, -0.2) is 0 Å². The number of hydrogen-bond acceptors (Lipinski definition) is 1. The second kappa shape index (κ2) is 6.50. The van der Waals surface area contributed by atoms with E-state index < -0.39 is 0 Å². The van der Waals surface area contributed by atoms with Crippen molar-refractivity contribution < 1.29 is 0 Å². The lowest BCUT2D eigenvalue weighted by Crippen LogP contribution is -2.25. The highest BCUT2D eigenvalue weighted by molar-refractivity contribution is 9.10. The highest BCUT2D eigenvalue weighted by atomic mass is 79.9. The minimum Gasteiger partial charge on any atom is -0.327 e. The fraction of sp³-hybridized carbons (Fsp3) is 0.200. The van der Waals surface area contributed by atoms with Crippen molar-refractivity contribution in [2.24, 2.45) is 5.73 Å². The van der Waals surface area contributed by atoms with Crippen molar-refractivity contribution in [1.82, 2.24) is 0 Å². The Balaban J connectivity index is 1.94. The average Bonchev–Trinajstić information content (AvgIpc) is 2.35. The fourth-order valence-electron chi connectivity index (χ4n) is 1.92. The molecule has 18 heavy (non-hydrogen) atoms. The van der Waals surface area contributed by atoms with Crippen LogP contribution in [-0.4, -0.2) is 6.04 Å². The van der Waals surface area contributed by atoms with Gasteiger partial charge in [-0.1, -0.05) is 56.1 Å². The van der Waals surface area contributed by atoms with E-state index in [1.165, 1.54) is 11.1 Å². The maximum absolute atomic E-state index is 6.19. The van der Waals surface area contributed by atoms with E-state index in [4.69, 9.17) is 5.73 Å². The number of halogens is 2. The van der Waals surface area contributed by atoms with Crippen LogP contribution < -0.4 is 5.73 Å². The summed E-state index contributed by atoms with van der Waals surface area (Å²) in [5, 5.41) is 0. The maximum atomic E-state index is 6.19. The van der Waals surface area contributed by atoms with Gasteiger partial charge in [-0.2, -0.15) is 0 Å². The van der Waals surface area contributed by atoms with Gasteiger partial charge in [0.25, 0.3) is 0 Å². The van der Waals surface area contributed by atoms with E-state index >= 15 is 0 Å². The van der Waals surface area contributed by atoms with Crippen molar-refractivity contribution in [1.29, 1.82) is 0 Å². The molecule has 94 valence electrons. The van der Waals surface area contributed by atoms with Crippen molar-refractivity contribution in [3.05, 3.63) is 68.6 Å². The molecular formula is C15H15Br2N. The summed E-state index contributed by atoms with van der Waals surface area (Å²) in [5.74, 6) is 0. The van der Waals surface area contributed by atoms with Gasteiger partial charge in [0, 0.05) is 15.0 Å². The summed E-state index contributed by atoms with van der Waals surface area (Å²) < 4.78 is 2.21. The molecular weight excluding hydrogens is 354 g/mol. The molecule has 0 heterocycles. The van der Waals surface area contributed by atoms with Crippen molar-refractivity contribution in [3.8, 4) is 0 Å². The van der Waals surface area contributed by atoms with Crippen LogP contribution in [0.4, 0.5) is 0 Å². The quantitative estimate of drug-likeness (QED) is 0.854. The fourth-order valence-corrected chi connectivity index (χ4v) is 2.45. The van der Waals surface area contributed by atoms with Crippen LogP contribution >= 0.6 is 31.9 Å². The lowest BCUT2D eigenvalue weighted by molar-refractivity contribution is 0.665. The molecule has 0 atom stereocenters. The normalized spacial score (nSPS) is 10.9. The van der Waals surface area contributed by atoms with E-state index in [1.807, 2.05) is 0 Å². The average molecular weight is 369 g/mol. The number of nitrogens with two attached hydrogens (primary N) is 1. The zero-order valence-electron chi connectivity index (χ0n) is 9.94. The Kier molecular flexibility index (Phi) is 4.98. The van der Waals surface area contributed by atoms with Crippen LogP contribution in [0.1, 0.15) is 11.1 Å². The van der Waals surface area contributed by atoms with Crippen molar-refractivity contribution in [2.45, 2.75) is 18.9 Å². The Bertz CT molecular complexity index is 443. The van der Waals surface area contributed by atoms with E-state index in [-0.39, 0.29) is 6.04 Å². The molecule has 2 aromatic carbocycles. The van der Waals surface area contributed by atoms with Gasteiger partial charge in [-0.3, -0.25) is 0 Å². The predicted molar refractivity (Wildman–Crippen MR) is 83.7 cm³/mol. The molecule has 3 heteroatoms. The highest BCUT2D eigenvalue weighted by Gasteiger charge is 2.05. The largest absolute Gasteiger partial charge is 0.327 e. The van der Waals surface area contributed by atoms with Crippen LogP contribution in [0, 0.1) is 0 Å². The Morgan fingerprint density at radius 3 is 1.39 bits per heavy atom. The summed E-state index contributed by atoms with van der Waals surface area (Å²) >= 11 is 6.87. The summed E-state index contributed by atoms with van der Waals surface area (Å²) in [4.78, 5) is 0. The van der Waals surface area contributed by atoms with Crippen LogP contribution in [0.25, 0.3) is 0 Å². The molecule has 0 bridgehead atoms. The smallest absolute Gasteiger partial charge is 0.0175 e. The van der Waals surface area contributed by atoms with E-state index in [0.717, 1.165) is 21.8 Å². The molecule has 0 unspecified atom stereocenters. The number of rotatable bonds is 4. The van der Waals surface area contributed by atoms with Crippen LogP contribution in [0.3, 0.4) is 0 Å². The molecule has 0 spiro atoms. The summed E-state index contributed by atoms with van der Waals surface area (Å²) in [5.41, 5.74) is 8.75. The standard InChI is InChI=1S/C15H15Br2N/c16-13-5-1-11(2-6-13)9-15(18)10-12-3-7-14(17)8-4-12/h1-8,15H,9-10,18H2. The summed E-state index contributed by atoms with van der Waals surface area (Å²) in [6.07, 6.45) is 1.81. The van der Waals surface area contributed by atoms with Gasteiger partial charge >= 0.3 is 0 Å². The molecule has 0 saturated carbocycles. The molecule has 1 nitrogen and oxygen atoms in total. The van der Waals surface area contributed by atoms with E-state index in [0.29, 0.717) is 0 Å². The predicted octanol–water partition coefficient (Wildman–Crippen LogP) is 4.32. The van der Waals surface area contributed by atoms with Crippen LogP contribution in [0.2, 0.25) is 0 Å².